The van der Waals surface area contributed by atoms with Gasteiger partial charge in [0.2, 0.25) is 0 Å². The maximum Gasteiger partial charge on any atom is 0.472 e. The average Bonchev–Trinajstić information content (AvgIpc) is 3.23. The van der Waals surface area contributed by atoms with Crippen LogP contribution in [0.15, 0.2) is 36.5 Å². The molecule has 0 saturated heterocycles. The van der Waals surface area contributed by atoms with Gasteiger partial charge in [-0.25, -0.2) is 4.57 Å². The minimum Gasteiger partial charge on any atom is -0.462 e. The van der Waals surface area contributed by atoms with E-state index in [0.717, 1.165) is 51.4 Å². The first-order valence-electron chi connectivity index (χ1n) is 25.7. The zero-order chi connectivity index (χ0) is 45.7. The third kappa shape index (κ3) is 47.7. The van der Waals surface area contributed by atoms with Crippen LogP contribution in [0.3, 0.4) is 0 Å². The van der Waals surface area contributed by atoms with Crippen LogP contribution in [0.2, 0.25) is 0 Å². The summed E-state index contributed by atoms with van der Waals surface area (Å²) in [5.74, 6) is -0.860. The highest BCUT2D eigenvalue weighted by Gasteiger charge is 2.27. The van der Waals surface area contributed by atoms with Crippen molar-refractivity contribution in [3.05, 3.63) is 36.5 Å². The van der Waals surface area contributed by atoms with E-state index >= 15 is 0 Å². The number of nitrogens with zero attached hydrogens (tertiary/aromatic N) is 1. The van der Waals surface area contributed by atoms with Crippen LogP contribution >= 0.6 is 7.82 Å². The molecule has 0 amide bonds. The highest BCUT2D eigenvalue weighted by atomic mass is 31.2. The zero-order valence-corrected chi connectivity index (χ0v) is 42.0. The molecule has 0 aliphatic heterocycles. The van der Waals surface area contributed by atoms with Crippen LogP contribution < -0.4 is 0 Å². The predicted molar refractivity (Wildman–Crippen MR) is 261 cm³/mol. The minimum atomic E-state index is -4.39. The Morgan fingerprint density at radius 1 is 0.484 bits per heavy atom. The Bertz CT molecular complexity index is 1150. The molecule has 9 nitrogen and oxygen atoms in total. The van der Waals surface area contributed by atoms with Crippen molar-refractivity contribution < 1.29 is 42.1 Å². The molecule has 2 atom stereocenters. The van der Waals surface area contributed by atoms with Crippen molar-refractivity contribution in [1.29, 1.82) is 0 Å². The van der Waals surface area contributed by atoms with E-state index in [9.17, 15) is 19.0 Å². The summed E-state index contributed by atoms with van der Waals surface area (Å²) in [7, 11) is 1.45. The summed E-state index contributed by atoms with van der Waals surface area (Å²) in [6.07, 6.45) is 52.2. The molecule has 0 bridgehead atoms. The normalized spacial score (nSPS) is 13.7. The summed E-state index contributed by atoms with van der Waals surface area (Å²) >= 11 is 0. The van der Waals surface area contributed by atoms with Gasteiger partial charge in [0.15, 0.2) is 6.10 Å². The number of likely N-dealkylation sites (N-methyl/N-ethyl adjacent to an activating group) is 1. The molecular weight excluding hydrogens is 798 g/mol. The molecule has 1 unspecified atom stereocenters. The summed E-state index contributed by atoms with van der Waals surface area (Å²) < 4.78 is 34.4. The highest BCUT2D eigenvalue weighted by Crippen LogP contribution is 2.43. The van der Waals surface area contributed by atoms with Gasteiger partial charge in [-0.1, -0.05) is 185 Å². The first kappa shape index (κ1) is 60.2. The smallest absolute Gasteiger partial charge is 0.462 e. The van der Waals surface area contributed by atoms with E-state index in [-0.39, 0.29) is 26.1 Å². The van der Waals surface area contributed by atoms with Gasteiger partial charge in [-0.2, -0.15) is 0 Å². The summed E-state index contributed by atoms with van der Waals surface area (Å²) in [6, 6.07) is 0. The Morgan fingerprint density at radius 3 is 1.29 bits per heavy atom. The van der Waals surface area contributed by atoms with E-state index in [1.165, 1.54) is 141 Å². The van der Waals surface area contributed by atoms with E-state index in [2.05, 4.69) is 50.3 Å². The zero-order valence-electron chi connectivity index (χ0n) is 41.1. The van der Waals surface area contributed by atoms with Crippen molar-refractivity contribution in [2.75, 3.05) is 47.5 Å². The Morgan fingerprint density at radius 2 is 0.855 bits per heavy atom. The molecule has 0 aliphatic rings. The van der Waals surface area contributed by atoms with Crippen LogP contribution in [0.25, 0.3) is 0 Å². The SMILES string of the molecule is CCCCCCCCCC/C=C/CCCCCC(=O)OC[C@H](COP(=O)(O)OCC[N+](C)(C)C)OC(=O)CCC/C=C/CC/C=C/CCCCCCCCCCCCCCCC. The quantitative estimate of drug-likeness (QED) is 0.0212. The number of carbonyl (C=O) groups excluding carboxylic acids is 2. The van der Waals surface area contributed by atoms with Crippen LogP contribution in [-0.4, -0.2) is 74.9 Å². The van der Waals surface area contributed by atoms with Crippen molar-refractivity contribution >= 4 is 19.8 Å². The van der Waals surface area contributed by atoms with Gasteiger partial charge in [-0.3, -0.25) is 18.6 Å². The Kier molecular flexibility index (Phi) is 43.2. The summed E-state index contributed by atoms with van der Waals surface area (Å²) in [5.41, 5.74) is 0. The van der Waals surface area contributed by atoms with Gasteiger partial charge in [0.25, 0.3) is 0 Å². The molecule has 0 aliphatic carbocycles. The number of unbranched alkanes of at least 4 members (excludes halogenated alkanes) is 27. The fourth-order valence-electron chi connectivity index (χ4n) is 7.09. The van der Waals surface area contributed by atoms with Gasteiger partial charge in [0.1, 0.15) is 19.8 Å². The Hall–Kier alpha value is -1.77. The van der Waals surface area contributed by atoms with Gasteiger partial charge in [-0.05, 0) is 70.6 Å². The van der Waals surface area contributed by atoms with E-state index < -0.39 is 32.5 Å². The van der Waals surface area contributed by atoms with Gasteiger partial charge < -0.3 is 18.9 Å². The number of hydrogen-bond acceptors (Lipinski definition) is 7. The minimum absolute atomic E-state index is 0.0229. The lowest BCUT2D eigenvalue weighted by Gasteiger charge is -2.24. The van der Waals surface area contributed by atoms with E-state index in [4.69, 9.17) is 18.5 Å². The van der Waals surface area contributed by atoms with Crippen LogP contribution in [-0.2, 0) is 32.7 Å². The molecule has 0 heterocycles. The van der Waals surface area contributed by atoms with Crippen LogP contribution in [0, 0.1) is 0 Å². The number of hydrogen-bond donors (Lipinski definition) is 1. The molecule has 0 spiro atoms. The maximum absolute atomic E-state index is 12.7. The van der Waals surface area contributed by atoms with Crippen LogP contribution in [0.1, 0.15) is 232 Å². The average molecular weight is 897 g/mol. The standard InChI is InChI=1S/C52H98NO8P/c1-6-8-10-12-14-16-18-20-22-23-24-25-26-27-28-29-31-33-35-37-39-41-43-45-52(55)61-50(49-60-62(56,57)59-47-46-53(3,4)5)48-58-51(54)44-42-40-38-36-34-32-30-21-19-17-15-13-11-9-7-2/h29,31-32,34,37,39,50H,6-28,30,33,35-36,38,40-49H2,1-5H3/p+1/b31-29+,34-32+,39-37+/t50-/m1/s1. The van der Waals surface area contributed by atoms with Crippen LogP contribution in [0.5, 0.6) is 0 Å². The summed E-state index contributed by atoms with van der Waals surface area (Å²) in [5, 5.41) is 0. The lowest BCUT2D eigenvalue weighted by atomic mass is 10.0. The lowest BCUT2D eigenvalue weighted by molar-refractivity contribution is -0.870. The number of esters is 2. The van der Waals surface area contributed by atoms with Crippen molar-refractivity contribution in [2.45, 2.75) is 238 Å². The van der Waals surface area contributed by atoms with Gasteiger partial charge in [0.05, 0.1) is 27.7 Å². The number of phosphoric ester groups is 1. The number of quaternary nitrogens is 1. The molecule has 364 valence electrons. The monoisotopic (exact) mass is 897 g/mol. The molecule has 10 heteroatoms. The fraction of sp³-hybridized carbons (Fsp3) is 0.846. The maximum atomic E-state index is 12.7. The second-order valence-corrected chi connectivity index (χ2v) is 20.0. The van der Waals surface area contributed by atoms with Crippen LogP contribution in [0.4, 0.5) is 0 Å². The number of rotatable bonds is 47. The van der Waals surface area contributed by atoms with Crippen molar-refractivity contribution in [3.8, 4) is 0 Å². The van der Waals surface area contributed by atoms with Gasteiger partial charge in [-0.15, -0.1) is 0 Å². The second-order valence-electron chi connectivity index (χ2n) is 18.5. The Balaban J connectivity index is 4.30. The molecule has 0 fully saturated rings. The molecule has 0 aromatic rings. The van der Waals surface area contributed by atoms with E-state index in [1.807, 2.05) is 21.1 Å². The number of carbonyl (C=O) groups is 2. The van der Waals surface area contributed by atoms with Gasteiger partial charge in [0, 0.05) is 12.8 Å². The molecular formula is C52H99NO8P+. The lowest BCUT2D eigenvalue weighted by Crippen LogP contribution is -2.37. The number of ether oxygens (including phenoxy) is 2. The summed E-state index contributed by atoms with van der Waals surface area (Å²) in [4.78, 5) is 35.5. The fourth-order valence-corrected chi connectivity index (χ4v) is 7.83. The predicted octanol–water partition coefficient (Wildman–Crippen LogP) is 15.3. The topological polar surface area (TPSA) is 108 Å². The van der Waals surface area contributed by atoms with E-state index in [0.29, 0.717) is 23.9 Å². The third-order valence-electron chi connectivity index (χ3n) is 11.1. The van der Waals surface area contributed by atoms with Gasteiger partial charge >= 0.3 is 19.8 Å². The van der Waals surface area contributed by atoms with Crippen molar-refractivity contribution in [2.24, 2.45) is 0 Å². The first-order valence-corrected chi connectivity index (χ1v) is 27.2. The van der Waals surface area contributed by atoms with Crippen molar-refractivity contribution in [1.82, 2.24) is 0 Å². The molecule has 0 aromatic heterocycles. The molecule has 0 aromatic carbocycles. The molecule has 0 radical (unpaired) electrons. The number of phosphoric acid groups is 1. The van der Waals surface area contributed by atoms with E-state index in [1.54, 1.807) is 0 Å². The molecule has 0 saturated carbocycles. The molecule has 62 heavy (non-hydrogen) atoms. The highest BCUT2D eigenvalue weighted by molar-refractivity contribution is 7.47. The Labute approximate surface area is 382 Å². The third-order valence-corrected chi connectivity index (χ3v) is 12.1. The molecule has 1 N–H and O–H groups in total. The first-order chi connectivity index (χ1) is 30.0. The second kappa shape index (κ2) is 44.4. The molecule has 0 rings (SSSR count). The summed E-state index contributed by atoms with van der Waals surface area (Å²) in [6.45, 7) is 4.39. The van der Waals surface area contributed by atoms with Crippen molar-refractivity contribution in [3.63, 3.8) is 0 Å². The number of allylic oxidation sites excluding steroid dienone is 6. The largest absolute Gasteiger partial charge is 0.472 e.